The summed E-state index contributed by atoms with van der Waals surface area (Å²) in [7, 11) is 0. The van der Waals surface area contributed by atoms with Crippen LogP contribution in [-0.4, -0.2) is 6.54 Å². The van der Waals surface area contributed by atoms with Crippen LogP contribution in [0.3, 0.4) is 0 Å². The summed E-state index contributed by atoms with van der Waals surface area (Å²) < 4.78 is 6.06. The summed E-state index contributed by atoms with van der Waals surface area (Å²) in [6.07, 6.45) is 6.20. The number of fused-ring (bicyclic) bond motifs is 1. The third-order valence-electron chi connectivity index (χ3n) is 4.50. The van der Waals surface area contributed by atoms with Crippen LogP contribution in [0.5, 0.6) is 0 Å². The first-order chi connectivity index (χ1) is 9.72. The van der Waals surface area contributed by atoms with Gasteiger partial charge in [-0.2, -0.15) is 0 Å². The Balaban J connectivity index is 1.77. The van der Waals surface area contributed by atoms with E-state index in [1.165, 1.54) is 42.4 Å². The smallest absolute Gasteiger partial charge is 0.134 e. The SMILES string of the molecule is CCCCc1oc2ccccc2c1CNCC1(C)CC1. The second-order valence-electron chi connectivity index (χ2n) is 6.52. The number of rotatable bonds is 7. The Bertz CT molecular complexity index is 580. The van der Waals surface area contributed by atoms with Gasteiger partial charge in [-0.1, -0.05) is 38.5 Å². The van der Waals surface area contributed by atoms with Gasteiger partial charge >= 0.3 is 0 Å². The largest absolute Gasteiger partial charge is 0.461 e. The maximum Gasteiger partial charge on any atom is 0.134 e. The molecule has 108 valence electrons. The molecule has 2 nitrogen and oxygen atoms in total. The van der Waals surface area contributed by atoms with Gasteiger partial charge in [-0.05, 0) is 30.7 Å². The Kier molecular flexibility index (Phi) is 3.84. The molecular formula is C18H25NO. The molecule has 0 unspecified atom stereocenters. The number of hydrogen-bond acceptors (Lipinski definition) is 2. The first-order valence-electron chi connectivity index (χ1n) is 7.92. The second-order valence-corrected chi connectivity index (χ2v) is 6.52. The average Bonchev–Trinajstić information content (AvgIpc) is 3.08. The molecule has 0 saturated heterocycles. The van der Waals surface area contributed by atoms with E-state index in [9.17, 15) is 0 Å². The average molecular weight is 271 g/mol. The standard InChI is InChI=1S/C18H25NO/c1-3-4-8-17-15(12-19-13-18(2)10-11-18)14-7-5-6-9-16(14)20-17/h5-7,9,19H,3-4,8,10-13H2,1-2H3. The van der Waals surface area contributed by atoms with E-state index in [4.69, 9.17) is 4.42 Å². The first kappa shape index (κ1) is 13.7. The van der Waals surface area contributed by atoms with E-state index in [0.717, 1.165) is 25.1 Å². The molecule has 0 aliphatic heterocycles. The molecule has 1 saturated carbocycles. The zero-order chi connectivity index (χ0) is 14.0. The van der Waals surface area contributed by atoms with Crippen LogP contribution in [0.4, 0.5) is 0 Å². The van der Waals surface area contributed by atoms with E-state index in [2.05, 4.69) is 43.4 Å². The Morgan fingerprint density at radius 2 is 2.05 bits per heavy atom. The summed E-state index contributed by atoms with van der Waals surface area (Å²) >= 11 is 0. The lowest BCUT2D eigenvalue weighted by Crippen LogP contribution is -2.21. The Morgan fingerprint density at radius 1 is 1.25 bits per heavy atom. The number of nitrogens with one attached hydrogen (secondary N) is 1. The number of aryl methyl sites for hydroxylation is 1. The summed E-state index contributed by atoms with van der Waals surface area (Å²) in [5, 5.41) is 4.92. The van der Waals surface area contributed by atoms with Gasteiger partial charge in [0.25, 0.3) is 0 Å². The van der Waals surface area contributed by atoms with Crippen LogP contribution < -0.4 is 5.32 Å². The van der Waals surface area contributed by atoms with Crippen molar-refractivity contribution < 1.29 is 4.42 Å². The van der Waals surface area contributed by atoms with E-state index < -0.39 is 0 Å². The molecule has 0 spiro atoms. The highest BCUT2D eigenvalue weighted by Crippen LogP contribution is 2.44. The molecule has 1 aliphatic carbocycles. The fourth-order valence-corrected chi connectivity index (χ4v) is 2.76. The molecule has 1 heterocycles. The van der Waals surface area contributed by atoms with Gasteiger partial charge in [0.15, 0.2) is 0 Å². The molecule has 1 N–H and O–H groups in total. The van der Waals surface area contributed by atoms with E-state index in [1.807, 2.05) is 0 Å². The molecule has 1 aromatic heterocycles. The third-order valence-corrected chi connectivity index (χ3v) is 4.50. The highest BCUT2D eigenvalue weighted by Gasteiger charge is 2.36. The van der Waals surface area contributed by atoms with Crippen LogP contribution in [0.1, 0.15) is 50.9 Å². The summed E-state index contributed by atoms with van der Waals surface area (Å²) in [6.45, 7) is 6.66. The Morgan fingerprint density at radius 3 is 2.80 bits per heavy atom. The lowest BCUT2D eigenvalue weighted by atomic mass is 10.1. The molecule has 1 fully saturated rings. The lowest BCUT2D eigenvalue weighted by Gasteiger charge is -2.10. The molecule has 0 amide bonds. The van der Waals surface area contributed by atoms with Crippen LogP contribution >= 0.6 is 0 Å². The number of furan rings is 1. The van der Waals surface area contributed by atoms with Crippen LogP contribution in [0.15, 0.2) is 28.7 Å². The summed E-state index contributed by atoms with van der Waals surface area (Å²) in [6, 6.07) is 8.42. The van der Waals surface area contributed by atoms with Crippen LogP contribution in [0, 0.1) is 5.41 Å². The van der Waals surface area contributed by atoms with Crippen molar-refractivity contribution in [3.8, 4) is 0 Å². The summed E-state index contributed by atoms with van der Waals surface area (Å²) in [5.41, 5.74) is 2.97. The van der Waals surface area contributed by atoms with Gasteiger partial charge in [0.05, 0.1) is 0 Å². The van der Waals surface area contributed by atoms with Gasteiger partial charge in [-0.25, -0.2) is 0 Å². The predicted octanol–water partition coefficient (Wildman–Crippen LogP) is 4.67. The van der Waals surface area contributed by atoms with Crippen molar-refractivity contribution in [2.45, 2.75) is 52.5 Å². The lowest BCUT2D eigenvalue weighted by molar-refractivity contribution is 0.488. The maximum absolute atomic E-state index is 6.06. The predicted molar refractivity (Wildman–Crippen MR) is 83.9 cm³/mol. The summed E-state index contributed by atoms with van der Waals surface area (Å²) in [4.78, 5) is 0. The fourth-order valence-electron chi connectivity index (χ4n) is 2.76. The van der Waals surface area contributed by atoms with Crippen molar-refractivity contribution in [2.75, 3.05) is 6.54 Å². The van der Waals surface area contributed by atoms with Crippen LogP contribution in [-0.2, 0) is 13.0 Å². The highest BCUT2D eigenvalue weighted by atomic mass is 16.3. The van der Waals surface area contributed by atoms with Crippen molar-refractivity contribution in [3.05, 3.63) is 35.6 Å². The summed E-state index contributed by atoms with van der Waals surface area (Å²) in [5.74, 6) is 1.18. The van der Waals surface area contributed by atoms with Crippen molar-refractivity contribution in [3.63, 3.8) is 0 Å². The minimum absolute atomic E-state index is 0.559. The van der Waals surface area contributed by atoms with Crippen molar-refractivity contribution >= 4 is 11.0 Å². The number of unbranched alkanes of at least 4 members (excludes halogenated alkanes) is 1. The Labute approximate surface area is 121 Å². The number of hydrogen-bond donors (Lipinski definition) is 1. The van der Waals surface area contributed by atoms with E-state index >= 15 is 0 Å². The van der Waals surface area contributed by atoms with E-state index in [1.54, 1.807) is 0 Å². The molecular weight excluding hydrogens is 246 g/mol. The normalized spacial score (nSPS) is 16.7. The second kappa shape index (κ2) is 5.61. The molecule has 1 aliphatic rings. The molecule has 2 aromatic rings. The van der Waals surface area contributed by atoms with E-state index in [0.29, 0.717) is 5.41 Å². The molecule has 3 rings (SSSR count). The molecule has 2 heteroatoms. The monoisotopic (exact) mass is 271 g/mol. The topological polar surface area (TPSA) is 25.2 Å². The van der Waals surface area contributed by atoms with Crippen LogP contribution in [0.25, 0.3) is 11.0 Å². The highest BCUT2D eigenvalue weighted by molar-refractivity contribution is 5.82. The minimum atomic E-state index is 0.559. The zero-order valence-electron chi connectivity index (χ0n) is 12.7. The van der Waals surface area contributed by atoms with Gasteiger partial charge in [-0.15, -0.1) is 0 Å². The fraction of sp³-hybridized carbons (Fsp3) is 0.556. The van der Waals surface area contributed by atoms with Crippen molar-refractivity contribution in [1.29, 1.82) is 0 Å². The molecule has 1 aromatic carbocycles. The molecule has 20 heavy (non-hydrogen) atoms. The van der Waals surface area contributed by atoms with Crippen molar-refractivity contribution in [2.24, 2.45) is 5.41 Å². The molecule has 0 bridgehead atoms. The number of benzene rings is 1. The van der Waals surface area contributed by atoms with Crippen molar-refractivity contribution in [1.82, 2.24) is 5.32 Å². The van der Waals surface area contributed by atoms with Gasteiger partial charge in [0.2, 0.25) is 0 Å². The zero-order valence-corrected chi connectivity index (χ0v) is 12.7. The van der Waals surface area contributed by atoms with Gasteiger partial charge in [0.1, 0.15) is 11.3 Å². The Hall–Kier alpha value is -1.28. The number of para-hydroxylation sites is 1. The van der Waals surface area contributed by atoms with E-state index in [-0.39, 0.29) is 0 Å². The minimum Gasteiger partial charge on any atom is -0.461 e. The molecule has 0 atom stereocenters. The van der Waals surface area contributed by atoms with Gasteiger partial charge < -0.3 is 9.73 Å². The third kappa shape index (κ3) is 2.90. The van der Waals surface area contributed by atoms with Crippen LogP contribution in [0.2, 0.25) is 0 Å². The quantitative estimate of drug-likeness (QED) is 0.792. The van der Waals surface area contributed by atoms with Gasteiger partial charge in [-0.3, -0.25) is 0 Å². The first-order valence-corrected chi connectivity index (χ1v) is 7.92. The van der Waals surface area contributed by atoms with Gasteiger partial charge in [0, 0.05) is 30.5 Å². The molecule has 0 radical (unpaired) electrons. The maximum atomic E-state index is 6.06.